The average molecular weight is 367 g/mol. The Morgan fingerprint density at radius 3 is 2.63 bits per heavy atom. The van der Waals surface area contributed by atoms with Gasteiger partial charge < -0.3 is 19.5 Å². The van der Waals surface area contributed by atoms with Crippen molar-refractivity contribution < 1.29 is 19.0 Å². The molecule has 0 saturated heterocycles. The van der Waals surface area contributed by atoms with E-state index in [-0.39, 0.29) is 12.4 Å². The van der Waals surface area contributed by atoms with Crippen LogP contribution < -0.4 is 14.8 Å². The minimum atomic E-state index is -0.551. The van der Waals surface area contributed by atoms with Gasteiger partial charge in [0.25, 0.3) is 0 Å². The molecular formula is C20H21N3O4. The number of anilines is 1. The third-order valence-corrected chi connectivity index (χ3v) is 4.00. The zero-order valence-corrected chi connectivity index (χ0v) is 15.5. The molecule has 140 valence electrons. The van der Waals surface area contributed by atoms with Crippen LogP contribution in [0.3, 0.4) is 0 Å². The predicted molar refractivity (Wildman–Crippen MR) is 102 cm³/mol. The van der Waals surface area contributed by atoms with Crippen molar-refractivity contribution in [2.75, 3.05) is 26.1 Å². The fraction of sp³-hybridized carbons (Fsp3) is 0.250. The molecule has 0 fully saturated rings. The van der Waals surface area contributed by atoms with Crippen molar-refractivity contribution in [3.8, 4) is 11.5 Å². The Morgan fingerprint density at radius 1 is 1.07 bits per heavy atom. The van der Waals surface area contributed by atoms with Gasteiger partial charge in [-0.15, -0.1) is 0 Å². The van der Waals surface area contributed by atoms with Crippen LogP contribution >= 0.6 is 0 Å². The van der Waals surface area contributed by atoms with Gasteiger partial charge >= 0.3 is 5.97 Å². The highest BCUT2D eigenvalue weighted by molar-refractivity contribution is 5.94. The van der Waals surface area contributed by atoms with Gasteiger partial charge in [-0.1, -0.05) is 12.1 Å². The Bertz CT molecular complexity index is 959. The molecule has 7 heteroatoms. The lowest BCUT2D eigenvalue weighted by molar-refractivity contribution is 0.0512. The summed E-state index contributed by atoms with van der Waals surface area (Å²) in [6.45, 7) is 2.44. The van der Waals surface area contributed by atoms with E-state index in [1.807, 2.05) is 42.5 Å². The first-order valence-electron chi connectivity index (χ1n) is 8.55. The lowest BCUT2D eigenvalue weighted by Gasteiger charge is -2.13. The molecule has 1 heterocycles. The summed E-state index contributed by atoms with van der Waals surface area (Å²) >= 11 is 0. The normalized spacial score (nSPS) is 10.5. The number of hydrogen-bond acceptors (Lipinski definition) is 7. The lowest BCUT2D eigenvalue weighted by Crippen LogP contribution is -2.12. The predicted octanol–water partition coefficient (Wildman–Crippen LogP) is 3.44. The molecule has 0 saturated carbocycles. The highest BCUT2D eigenvalue weighted by Crippen LogP contribution is 2.26. The summed E-state index contributed by atoms with van der Waals surface area (Å²) < 4.78 is 15.7. The van der Waals surface area contributed by atoms with Crippen LogP contribution in [0.2, 0.25) is 0 Å². The molecule has 0 aliphatic heterocycles. The van der Waals surface area contributed by atoms with E-state index in [4.69, 9.17) is 14.2 Å². The van der Waals surface area contributed by atoms with Crippen LogP contribution in [0.15, 0.2) is 42.5 Å². The number of hydrogen-bond donors (Lipinski definition) is 1. The van der Waals surface area contributed by atoms with Crippen LogP contribution in [0, 0.1) is 0 Å². The van der Waals surface area contributed by atoms with Crippen LogP contribution in [-0.4, -0.2) is 36.8 Å². The summed E-state index contributed by atoms with van der Waals surface area (Å²) in [5.74, 6) is 1.48. The fourth-order valence-electron chi connectivity index (χ4n) is 2.70. The third-order valence-electron chi connectivity index (χ3n) is 4.00. The maximum Gasteiger partial charge on any atom is 0.376 e. The van der Waals surface area contributed by atoms with E-state index in [1.54, 1.807) is 21.1 Å². The van der Waals surface area contributed by atoms with E-state index in [1.165, 1.54) is 0 Å². The van der Waals surface area contributed by atoms with E-state index >= 15 is 0 Å². The van der Waals surface area contributed by atoms with Crippen LogP contribution in [0.1, 0.15) is 23.1 Å². The number of benzene rings is 2. The molecule has 0 aliphatic rings. The second-order valence-corrected chi connectivity index (χ2v) is 5.66. The number of methoxy groups -OCH3 is 2. The fourth-order valence-corrected chi connectivity index (χ4v) is 2.70. The molecule has 7 nitrogen and oxygen atoms in total. The van der Waals surface area contributed by atoms with E-state index in [0.717, 1.165) is 22.4 Å². The zero-order chi connectivity index (χ0) is 19.2. The Morgan fingerprint density at radius 2 is 1.89 bits per heavy atom. The number of para-hydroxylation sites is 1. The topological polar surface area (TPSA) is 82.6 Å². The van der Waals surface area contributed by atoms with Crippen molar-refractivity contribution in [2.45, 2.75) is 13.5 Å². The molecule has 0 spiro atoms. The molecule has 27 heavy (non-hydrogen) atoms. The summed E-state index contributed by atoms with van der Waals surface area (Å²) in [7, 11) is 3.23. The maximum atomic E-state index is 12.1. The highest BCUT2D eigenvalue weighted by atomic mass is 16.5. The van der Waals surface area contributed by atoms with E-state index in [2.05, 4.69) is 15.3 Å². The van der Waals surface area contributed by atoms with Gasteiger partial charge in [-0.25, -0.2) is 14.8 Å². The van der Waals surface area contributed by atoms with Crippen molar-refractivity contribution in [1.29, 1.82) is 0 Å². The number of ether oxygens (including phenoxy) is 3. The zero-order valence-electron chi connectivity index (χ0n) is 15.5. The maximum absolute atomic E-state index is 12.1. The molecule has 0 aliphatic carbocycles. The van der Waals surface area contributed by atoms with Gasteiger partial charge in [0.05, 0.1) is 26.3 Å². The number of nitrogens with zero attached hydrogens (tertiary/aromatic N) is 2. The summed E-state index contributed by atoms with van der Waals surface area (Å²) in [4.78, 5) is 20.8. The molecule has 3 rings (SSSR count). The van der Waals surface area contributed by atoms with Crippen molar-refractivity contribution in [1.82, 2.24) is 9.97 Å². The minimum absolute atomic E-state index is 0.0238. The van der Waals surface area contributed by atoms with Gasteiger partial charge in [0.2, 0.25) is 5.82 Å². The molecule has 0 atom stereocenters. The number of aromatic nitrogens is 2. The SMILES string of the molecule is CCOC(=O)c1nc(NCc2cc(OC)ccc2OC)c2ccccc2n1. The van der Waals surface area contributed by atoms with E-state index < -0.39 is 5.97 Å². The summed E-state index contributed by atoms with van der Waals surface area (Å²) in [6.07, 6.45) is 0. The summed E-state index contributed by atoms with van der Waals surface area (Å²) in [6, 6.07) is 13.1. The number of rotatable bonds is 7. The van der Waals surface area contributed by atoms with Crippen molar-refractivity contribution in [3.05, 3.63) is 53.9 Å². The van der Waals surface area contributed by atoms with Crippen molar-refractivity contribution in [3.63, 3.8) is 0 Å². The summed E-state index contributed by atoms with van der Waals surface area (Å²) in [5.41, 5.74) is 1.56. The van der Waals surface area contributed by atoms with Gasteiger partial charge in [0.15, 0.2) is 0 Å². The minimum Gasteiger partial charge on any atom is -0.497 e. The largest absolute Gasteiger partial charge is 0.497 e. The van der Waals surface area contributed by atoms with Crippen LogP contribution in [0.25, 0.3) is 10.9 Å². The van der Waals surface area contributed by atoms with Gasteiger partial charge in [0, 0.05) is 17.5 Å². The first kappa shape index (κ1) is 18.4. The Kier molecular flexibility index (Phi) is 5.71. The highest BCUT2D eigenvalue weighted by Gasteiger charge is 2.15. The Hall–Kier alpha value is -3.35. The number of carbonyl (C=O) groups is 1. The molecule has 2 aromatic carbocycles. The van der Waals surface area contributed by atoms with Crippen molar-refractivity contribution >= 4 is 22.7 Å². The molecule has 0 radical (unpaired) electrons. The van der Waals surface area contributed by atoms with Crippen molar-refractivity contribution in [2.24, 2.45) is 0 Å². The number of nitrogens with one attached hydrogen (secondary N) is 1. The summed E-state index contributed by atoms with van der Waals surface area (Å²) in [5, 5.41) is 4.09. The second kappa shape index (κ2) is 8.35. The lowest BCUT2D eigenvalue weighted by atomic mass is 10.1. The first-order chi connectivity index (χ1) is 13.2. The molecule has 0 unspecified atom stereocenters. The van der Waals surface area contributed by atoms with E-state index in [9.17, 15) is 4.79 Å². The Labute approximate surface area is 157 Å². The van der Waals surface area contributed by atoms with Gasteiger partial charge in [-0.2, -0.15) is 0 Å². The average Bonchev–Trinajstić information content (AvgIpc) is 2.71. The molecule has 0 bridgehead atoms. The van der Waals surface area contributed by atoms with Crippen LogP contribution in [0.4, 0.5) is 5.82 Å². The molecule has 3 aromatic rings. The number of carbonyl (C=O) groups excluding carboxylic acids is 1. The second-order valence-electron chi connectivity index (χ2n) is 5.66. The number of esters is 1. The van der Waals surface area contributed by atoms with Gasteiger partial charge in [-0.05, 0) is 37.3 Å². The Balaban J connectivity index is 1.95. The van der Waals surface area contributed by atoms with Gasteiger partial charge in [-0.3, -0.25) is 0 Å². The molecule has 1 N–H and O–H groups in total. The van der Waals surface area contributed by atoms with Crippen LogP contribution in [-0.2, 0) is 11.3 Å². The van der Waals surface area contributed by atoms with E-state index in [0.29, 0.717) is 17.9 Å². The molecule has 1 aromatic heterocycles. The standard InChI is InChI=1S/C20H21N3O4/c1-4-27-20(24)19-22-16-8-6-5-7-15(16)18(23-19)21-12-13-11-14(25-2)9-10-17(13)26-3/h5-11H,4,12H2,1-3H3,(H,21,22,23). The third kappa shape index (κ3) is 4.08. The smallest absolute Gasteiger partial charge is 0.376 e. The van der Waals surface area contributed by atoms with Gasteiger partial charge in [0.1, 0.15) is 17.3 Å². The quantitative estimate of drug-likeness (QED) is 0.641. The molecule has 0 amide bonds. The molecular weight excluding hydrogens is 346 g/mol. The number of fused-ring (bicyclic) bond motifs is 1. The monoisotopic (exact) mass is 367 g/mol. The van der Waals surface area contributed by atoms with Crippen LogP contribution in [0.5, 0.6) is 11.5 Å². The first-order valence-corrected chi connectivity index (χ1v) is 8.55.